The number of nitrogens with two attached hydrogens (primary N) is 1. The molecule has 0 aliphatic carbocycles. The number of carbonyl (C=O) groups excluding carboxylic acids is 1. The van der Waals surface area contributed by atoms with E-state index in [0.717, 1.165) is 6.42 Å². The van der Waals surface area contributed by atoms with E-state index in [1.807, 2.05) is 14.0 Å². The number of nitrogens with zero attached hydrogens (tertiary/aromatic N) is 4. The molecule has 1 atom stereocenters. The minimum absolute atomic E-state index is 0.0167. The Morgan fingerprint density at radius 3 is 2.65 bits per heavy atom. The Hall–Kier alpha value is -1.59. The Kier molecular flexibility index (Phi) is 4.48. The standard InChI is InChI=1S/C11H21N5O/c1-8(2)5-9(3)15(4)10(17)6-16-7-13-11(12)14-16/h7-9H,5-6H2,1-4H3,(H2,12,14). The van der Waals surface area contributed by atoms with Crippen molar-refractivity contribution in [1.29, 1.82) is 0 Å². The van der Waals surface area contributed by atoms with E-state index in [2.05, 4.69) is 23.9 Å². The van der Waals surface area contributed by atoms with Crippen molar-refractivity contribution in [3.63, 3.8) is 0 Å². The van der Waals surface area contributed by atoms with Crippen molar-refractivity contribution in [3.05, 3.63) is 6.33 Å². The van der Waals surface area contributed by atoms with Crippen molar-refractivity contribution < 1.29 is 4.79 Å². The number of anilines is 1. The zero-order valence-electron chi connectivity index (χ0n) is 10.9. The lowest BCUT2D eigenvalue weighted by atomic mass is 10.0. The van der Waals surface area contributed by atoms with E-state index < -0.39 is 0 Å². The molecule has 1 aromatic rings. The van der Waals surface area contributed by atoms with Crippen molar-refractivity contribution in [2.75, 3.05) is 12.8 Å². The van der Waals surface area contributed by atoms with E-state index in [1.54, 1.807) is 4.90 Å². The van der Waals surface area contributed by atoms with Gasteiger partial charge >= 0.3 is 0 Å². The summed E-state index contributed by atoms with van der Waals surface area (Å²) < 4.78 is 1.45. The highest BCUT2D eigenvalue weighted by molar-refractivity contribution is 5.75. The molecule has 6 heteroatoms. The molecule has 0 spiro atoms. The van der Waals surface area contributed by atoms with Gasteiger partial charge < -0.3 is 10.6 Å². The third-order valence-corrected chi connectivity index (χ3v) is 2.72. The van der Waals surface area contributed by atoms with Gasteiger partial charge in [-0.05, 0) is 19.3 Å². The van der Waals surface area contributed by atoms with Crippen molar-refractivity contribution >= 4 is 11.9 Å². The van der Waals surface area contributed by atoms with Gasteiger partial charge in [-0.15, -0.1) is 5.10 Å². The molecule has 96 valence electrons. The predicted molar refractivity (Wildman–Crippen MR) is 66.1 cm³/mol. The second-order valence-electron chi connectivity index (χ2n) is 4.78. The van der Waals surface area contributed by atoms with Crippen LogP contribution in [0.1, 0.15) is 27.2 Å². The van der Waals surface area contributed by atoms with Crippen LogP contribution in [0.4, 0.5) is 5.95 Å². The van der Waals surface area contributed by atoms with Crippen LogP contribution in [-0.2, 0) is 11.3 Å². The fraction of sp³-hybridized carbons (Fsp3) is 0.727. The number of hydrogen-bond donors (Lipinski definition) is 1. The summed E-state index contributed by atoms with van der Waals surface area (Å²) in [5, 5.41) is 3.89. The highest BCUT2D eigenvalue weighted by Crippen LogP contribution is 2.10. The van der Waals surface area contributed by atoms with E-state index in [9.17, 15) is 4.79 Å². The Morgan fingerprint density at radius 1 is 1.53 bits per heavy atom. The molecular weight excluding hydrogens is 218 g/mol. The molecule has 0 aliphatic rings. The summed E-state index contributed by atoms with van der Waals surface area (Å²) in [4.78, 5) is 17.5. The normalized spacial score (nSPS) is 12.8. The number of rotatable bonds is 5. The zero-order chi connectivity index (χ0) is 13.0. The zero-order valence-corrected chi connectivity index (χ0v) is 10.9. The lowest BCUT2D eigenvalue weighted by molar-refractivity contribution is -0.132. The van der Waals surface area contributed by atoms with Crippen LogP contribution < -0.4 is 5.73 Å². The summed E-state index contributed by atoms with van der Waals surface area (Å²) in [6.45, 7) is 6.52. The van der Waals surface area contributed by atoms with Gasteiger partial charge in [0.2, 0.25) is 11.9 Å². The van der Waals surface area contributed by atoms with Crippen LogP contribution in [0, 0.1) is 5.92 Å². The van der Waals surface area contributed by atoms with Crippen molar-refractivity contribution in [2.45, 2.75) is 39.8 Å². The number of nitrogen functional groups attached to an aromatic ring is 1. The van der Waals surface area contributed by atoms with Crippen LogP contribution in [-0.4, -0.2) is 38.7 Å². The number of aromatic nitrogens is 3. The monoisotopic (exact) mass is 239 g/mol. The van der Waals surface area contributed by atoms with Crippen LogP contribution in [0.3, 0.4) is 0 Å². The third-order valence-electron chi connectivity index (χ3n) is 2.72. The summed E-state index contributed by atoms with van der Waals surface area (Å²) in [5.74, 6) is 0.779. The van der Waals surface area contributed by atoms with Crippen LogP contribution in [0.2, 0.25) is 0 Å². The second kappa shape index (κ2) is 5.65. The number of likely N-dealkylation sites (N-methyl/N-ethyl adjacent to an activating group) is 1. The minimum Gasteiger partial charge on any atom is -0.367 e. The molecule has 1 unspecified atom stereocenters. The molecular formula is C11H21N5O. The van der Waals surface area contributed by atoms with Gasteiger partial charge in [0.1, 0.15) is 12.9 Å². The molecule has 2 N–H and O–H groups in total. The Labute approximate surface area is 102 Å². The number of amides is 1. The first-order valence-corrected chi connectivity index (χ1v) is 5.80. The van der Waals surface area contributed by atoms with Gasteiger partial charge in [-0.25, -0.2) is 9.67 Å². The van der Waals surface area contributed by atoms with Crippen LogP contribution in [0.5, 0.6) is 0 Å². The summed E-state index contributed by atoms with van der Waals surface area (Å²) in [5.41, 5.74) is 5.39. The molecule has 0 radical (unpaired) electrons. The summed E-state index contributed by atoms with van der Waals surface area (Å²) in [6, 6.07) is 0.225. The van der Waals surface area contributed by atoms with Gasteiger partial charge in [-0.3, -0.25) is 4.79 Å². The molecule has 1 amide bonds. The van der Waals surface area contributed by atoms with E-state index in [1.165, 1.54) is 11.0 Å². The SMILES string of the molecule is CC(C)CC(C)N(C)C(=O)Cn1cnc(N)n1. The van der Waals surface area contributed by atoms with Crippen LogP contribution >= 0.6 is 0 Å². The first-order valence-electron chi connectivity index (χ1n) is 5.80. The van der Waals surface area contributed by atoms with Crippen LogP contribution in [0.15, 0.2) is 6.33 Å². The quantitative estimate of drug-likeness (QED) is 0.822. The van der Waals surface area contributed by atoms with Gasteiger partial charge in [0, 0.05) is 13.1 Å². The molecule has 1 heterocycles. The molecule has 0 aromatic carbocycles. The summed E-state index contributed by atoms with van der Waals surface area (Å²) >= 11 is 0. The van der Waals surface area contributed by atoms with Crippen molar-refractivity contribution in [3.8, 4) is 0 Å². The molecule has 6 nitrogen and oxygen atoms in total. The predicted octanol–water partition coefficient (Wildman–Crippen LogP) is 0.753. The first-order chi connectivity index (χ1) is 7.90. The summed E-state index contributed by atoms with van der Waals surface area (Å²) in [6.07, 6.45) is 2.45. The van der Waals surface area contributed by atoms with Crippen LogP contribution in [0.25, 0.3) is 0 Å². The van der Waals surface area contributed by atoms with Gasteiger partial charge in [-0.1, -0.05) is 13.8 Å². The highest BCUT2D eigenvalue weighted by Gasteiger charge is 2.17. The number of carbonyl (C=O) groups is 1. The van der Waals surface area contributed by atoms with E-state index in [0.29, 0.717) is 5.92 Å². The highest BCUT2D eigenvalue weighted by atomic mass is 16.2. The molecule has 0 fully saturated rings. The second-order valence-corrected chi connectivity index (χ2v) is 4.78. The van der Waals surface area contributed by atoms with Gasteiger partial charge in [0.25, 0.3) is 0 Å². The molecule has 0 saturated carbocycles. The minimum atomic E-state index is 0.0167. The molecule has 17 heavy (non-hydrogen) atoms. The fourth-order valence-corrected chi connectivity index (χ4v) is 1.72. The maximum atomic E-state index is 11.9. The number of hydrogen-bond acceptors (Lipinski definition) is 4. The van der Waals surface area contributed by atoms with Gasteiger partial charge in [0.15, 0.2) is 0 Å². The molecule has 1 rings (SSSR count). The fourth-order valence-electron chi connectivity index (χ4n) is 1.72. The maximum absolute atomic E-state index is 11.9. The topological polar surface area (TPSA) is 77.0 Å². The summed E-state index contributed by atoms with van der Waals surface area (Å²) in [7, 11) is 1.82. The van der Waals surface area contributed by atoms with Crippen molar-refractivity contribution in [1.82, 2.24) is 19.7 Å². The smallest absolute Gasteiger partial charge is 0.244 e. The van der Waals surface area contributed by atoms with Gasteiger partial charge in [0.05, 0.1) is 0 Å². The Bertz CT molecular complexity index is 374. The van der Waals surface area contributed by atoms with Crippen molar-refractivity contribution in [2.24, 2.45) is 5.92 Å². The Morgan fingerprint density at radius 2 is 2.18 bits per heavy atom. The average Bonchev–Trinajstić information content (AvgIpc) is 2.61. The van der Waals surface area contributed by atoms with E-state index >= 15 is 0 Å². The van der Waals surface area contributed by atoms with E-state index in [-0.39, 0.29) is 24.4 Å². The third kappa shape index (κ3) is 4.05. The largest absolute Gasteiger partial charge is 0.367 e. The first kappa shape index (κ1) is 13.5. The molecule has 0 aliphatic heterocycles. The lowest BCUT2D eigenvalue weighted by Crippen LogP contribution is -2.38. The molecule has 0 bridgehead atoms. The maximum Gasteiger partial charge on any atom is 0.244 e. The van der Waals surface area contributed by atoms with Gasteiger partial charge in [-0.2, -0.15) is 0 Å². The average molecular weight is 239 g/mol. The molecule has 1 aromatic heterocycles. The van der Waals surface area contributed by atoms with E-state index in [4.69, 9.17) is 5.73 Å². The molecule has 0 saturated heterocycles. The Balaban J connectivity index is 2.52. The lowest BCUT2D eigenvalue weighted by Gasteiger charge is -2.26.